The Labute approximate surface area is 111 Å². The van der Waals surface area contributed by atoms with Gasteiger partial charge in [-0.1, -0.05) is 6.92 Å². The van der Waals surface area contributed by atoms with Gasteiger partial charge in [0.1, 0.15) is 5.78 Å². The topological polar surface area (TPSA) is 17.1 Å². The molecule has 0 N–H and O–H groups in total. The lowest BCUT2D eigenvalue weighted by Gasteiger charge is -2.49. The average Bonchev–Trinajstić information content (AvgIpc) is 2.07. The maximum absolute atomic E-state index is 11.6. The molecule has 1 aliphatic heterocycles. The molecule has 0 aromatic carbocycles. The number of ketones is 1. The molecule has 1 fully saturated rings. The fourth-order valence-corrected chi connectivity index (χ4v) is 2.21. The van der Waals surface area contributed by atoms with Gasteiger partial charge in [0.2, 0.25) is 0 Å². The van der Waals surface area contributed by atoms with Crippen LogP contribution in [-0.4, -0.2) is 35.9 Å². The standard InChI is InChI=1S/C12H24NO.HI/c1-6-10-9-13(5,12(2,3)4)8-7-11(10)14;/h10H,6-9H2,1-5H3;1H/q+1;/p-1. The number of piperidine rings is 1. The van der Waals surface area contributed by atoms with E-state index >= 15 is 0 Å². The van der Waals surface area contributed by atoms with Crippen LogP contribution >= 0.6 is 0 Å². The van der Waals surface area contributed by atoms with E-state index in [9.17, 15) is 4.79 Å². The van der Waals surface area contributed by atoms with Crippen LogP contribution in [0.3, 0.4) is 0 Å². The van der Waals surface area contributed by atoms with Crippen molar-refractivity contribution in [3.05, 3.63) is 0 Å². The van der Waals surface area contributed by atoms with Crippen molar-refractivity contribution in [2.75, 3.05) is 20.1 Å². The van der Waals surface area contributed by atoms with Gasteiger partial charge in [-0.05, 0) is 27.2 Å². The minimum absolute atomic E-state index is 0. The Kier molecular flexibility index (Phi) is 5.25. The van der Waals surface area contributed by atoms with Gasteiger partial charge in [0.15, 0.2) is 0 Å². The molecule has 1 saturated heterocycles. The Morgan fingerprint density at radius 2 is 1.93 bits per heavy atom. The van der Waals surface area contributed by atoms with Gasteiger partial charge < -0.3 is 28.5 Å². The molecule has 1 rings (SSSR count). The number of carbonyl (C=O) groups is 1. The van der Waals surface area contributed by atoms with E-state index in [-0.39, 0.29) is 29.5 Å². The van der Waals surface area contributed by atoms with Gasteiger partial charge in [0.25, 0.3) is 0 Å². The van der Waals surface area contributed by atoms with Crippen LogP contribution in [0.25, 0.3) is 0 Å². The summed E-state index contributed by atoms with van der Waals surface area (Å²) >= 11 is 0. The van der Waals surface area contributed by atoms with Crippen molar-refractivity contribution in [1.29, 1.82) is 0 Å². The van der Waals surface area contributed by atoms with E-state index in [1.807, 2.05) is 0 Å². The number of carbonyl (C=O) groups excluding carboxylic acids is 1. The monoisotopic (exact) mass is 325 g/mol. The summed E-state index contributed by atoms with van der Waals surface area (Å²) in [5.41, 5.74) is 0.258. The van der Waals surface area contributed by atoms with E-state index in [2.05, 4.69) is 34.7 Å². The first-order valence-corrected chi connectivity index (χ1v) is 5.67. The molecule has 2 unspecified atom stereocenters. The van der Waals surface area contributed by atoms with Crippen LogP contribution in [0.4, 0.5) is 0 Å². The summed E-state index contributed by atoms with van der Waals surface area (Å²) in [6.45, 7) is 11.0. The van der Waals surface area contributed by atoms with E-state index in [4.69, 9.17) is 0 Å². The summed E-state index contributed by atoms with van der Waals surface area (Å²) in [5, 5.41) is 0. The molecule has 2 atom stereocenters. The minimum Gasteiger partial charge on any atom is -1.00 e. The van der Waals surface area contributed by atoms with Crippen molar-refractivity contribution in [3.63, 3.8) is 0 Å². The summed E-state index contributed by atoms with van der Waals surface area (Å²) in [5.74, 6) is 0.778. The molecular weight excluding hydrogens is 301 g/mol. The summed E-state index contributed by atoms with van der Waals surface area (Å²) in [6, 6.07) is 0. The fourth-order valence-electron chi connectivity index (χ4n) is 2.21. The third kappa shape index (κ3) is 3.16. The summed E-state index contributed by atoms with van der Waals surface area (Å²) < 4.78 is 1.04. The molecule has 0 amide bonds. The molecule has 0 aliphatic carbocycles. The van der Waals surface area contributed by atoms with E-state index in [1.165, 1.54) is 0 Å². The van der Waals surface area contributed by atoms with Crippen LogP contribution in [0.15, 0.2) is 0 Å². The second kappa shape index (κ2) is 5.13. The molecule has 0 bridgehead atoms. The van der Waals surface area contributed by atoms with Crippen LogP contribution in [0.1, 0.15) is 40.5 Å². The van der Waals surface area contributed by atoms with Crippen molar-refractivity contribution >= 4 is 5.78 Å². The Balaban J connectivity index is 0.00000196. The SMILES string of the molecule is CCC1C[N+](C)(C(C)(C)C)CCC1=O.[I-]. The highest BCUT2D eigenvalue weighted by atomic mass is 127. The van der Waals surface area contributed by atoms with Crippen molar-refractivity contribution in [1.82, 2.24) is 0 Å². The minimum atomic E-state index is 0. The van der Waals surface area contributed by atoms with Crippen molar-refractivity contribution in [2.45, 2.75) is 46.1 Å². The molecule has 0 radical (unpaired) electrons. The molecule has 90 valence electrons. The van der Waals surface area contributed by atoms with E-state index in [0.29, 0.717) is 11.7 Å². The Hall–Kier alpha value is 0.360. The number of likely N-dealkylation sites (tertiary alicyclic amines) is 1. The van der Waals surface area contributed by atoms with Gasteiger partial charge >= 0.3 is 0 Å². The van der Waals surface area contributed by atoms with Crippen molar-refractivity contribution < 1.29 is 33.3 Å². The first-order chi connectivity index (χ1) is 6.30. The number of quaternary nitrogens is 1. The van der Waals surface area contributed by atoms with Gasteiger partial charge in [-0.25, -0.2) is 0 Å². The molecule has 0 aromatic heterocycles. The van der Waals surface area contributed by atoms with Crippen molar-refractivity contribution in [2.24, 2.45) is 5.92 Å². The van der Waals surface area contributed by atoms with E-state index < -0.39 is 0 Å². The van der Waals surface area contributed by atoms with E-state index in [0.717, 1.165) is 30.4 Å². The second-order valence-electron chi connectivity index (χ2n) is 5.79. The zero-order valence-corrected chi connectivity index (χ0v) is 12.8. The predicted molar refractivity (Wildman–Crippen MR) is 59.1 cm³/mol. The van der Waals surface area contributed by atoms with Crippen LogP contribution < -0.4 is 24.0 Å². The van der Waals surface area contributed by atoms with Gasteiger partial charge in [-0.15, -0.1) is 0 Å². The van der Waals surface area contributed by atoms with Crippen LogP contribution in [0.2, 0.25) is 0 Å². The van der Waals surface area contributed by atoms with Gasteiger partial charge in [0.05, 0.1) is 38.0 Å². The Morgan fingerprint density at radius 3 is 2.33 bits per heavy atom. The van der Waals surface area contributed by atoms with Gasteiger partial charge in [-0.3, -0.25) is 4.79 Å². The first kappa shape index (κ1) is 15.4. The van der Waals surface area contributed by atoms with E-state index in [1.54, 1.807) is 0 Å². The molecule has 1 aliphatic rings. The highest BCUT2D eigenvalue weighted by Gasteiger charge is 2.42. The number of Topliss-reactive ketones (excluding diaryl/α,β-unsaturated/α-hetero) is 1. The molecule has 1 heterocycles. The molecule has 3 heteroatoms. The van der Waals surface area contributed by atoms with Crippen LogP contribution in [-0.2, 0) is 4.79 Å². The number of nitrogens with zero attached hydrogens (tertiary/aromatic N) is 1. The van der Waals surface area contributed by atoms with Gasteiger partial charge in [-0.2, -0.15) is 0 Å². The molecule has 15 heavy (non-hydrogen) atoms. The molecular formula is C12H24INO. The predicted octanol–water partition coefficient (Wildman–Crippen LogP) is -0.765. The van der Waals surface area contributed by atoms with Crippen LogP contribution in [0, 0.1) is 5.92 Å². The maximum Gasteiger partial charge on any atom is 0.147 e. The second-order valence-corrected chi connectivity index (χ2v) is 5.79. The largest absolute Gasteiger partial charge is 1.00 e. The summed E-state index contributed by atoms with van der Waals surface area (Å²) in [4.78, 5) is 11.6. The highest BCUT2D eigenvalue weighted by molar-refractivity contribution is 5.81. The lowest BCUT2D eigenvalue weighted by molar-refractivity contribution is -0.957. The Bertz CT molecular complexity index is 234. The normalized spacial score (nSPS) is 32.3. The zero-order valence-electron chi connectivity index (χ0n) is 10.6. The number of rotatable bonds is 1. The maximum atomic E-state index is 11.6. The number of hydrogen-bond donors (Lipinski definition) is 0. The smallest absolute Gasteiger partial charge is 0.147 e. The van der Waals surface area contributed by atoms with Gasteiger partial charge in [0, 0.05) is 0 Å². The third-order valence-corrected chi connectivity index (χ3v) is 4.04. The fraction of sp³-hybridized carbons (Fsp3) is 0.917. The Morgan fingerprint density at radius 1 is 1.40 bits per heavy atom. The summed E-state index contributed by atoms with van der Waals surface area (Å²) in [7, 11) is 2.29. The first-order valence-electron chi connectivity index (χ1n) is 5.67. The molecule has 0 saturated carbocycles. The average molecular weight is 325 g/mol. The quantitative estimate of drug-likeness (QED) is 0.457. The lowest BCUT2D eigenvalue weighted by Crippen LogP contribution is -3.00. The third-order valence-electron chi connectivity index (χ3n) is 4.04. The zero-order chi connectivity index (χ0) is 11.0. The molecule has 0 aromatic rings. The molecule has 2 nitrogen and oxygen atoms in total. The number of hydrogen-bond acceptors (Lipinski definition) is 1. The summed E-state index contributed by atoms with van der Waals surface area (Å²) in [6.07, 6.45) is 1.77. The van der Waals surface area contributed by atoms with Crippen molar-refractivity contribution in [3.8, 4) is 0 Å². The number of halogens is 1. The van der Waals surface area contributed by atoms with Crippen LogP contribution in [0.5, 0.6) is 0 Å². The lowest BCUT2D eigenvalue weighted by atomic mass is 9.88. The molecule has 0 spiro atoms. The highest BCUT2D eigenvalue weighted by Crippen LogP contribution is 2.30.